The molecule has 2 N–H and O–H groups in total. The lowest BCUT2D eigenvalue weighted by Gasteiger charge is -2.55. The lowest BCUT2D eigenvalue weighted by atomic mass is 9.97. The smallest absolute Gasteiger partial charge is 0.352 e. The number of ether oxygens (including phenoxy) is 1. The van der Waals surface area contributed by atoms with Crippen LogP contribution in [0, 0.1) is 0 Å². The molecular weight excluding hydrogens is 364 g/mol. The number of hydrogen-bond donors (Lipinski definition) is 2. The Balaban J connectivity index is 1.82. The van der Waals surface area contributed by atoms with Gasteiger partial charge in [0.15, 0.2) is 0 Å². The van der Waals surface area contributed by atoms with Gasteiger partial charge in [-0.2, -0.15) is 0 Å². The maximum Gasteiger partial charge on any atom is 0.352 e. The van der Waals surface area contributed by atoms with E-state index in [-0.39, 0.29) is 18.0 Å². The standard InChI is InChI=1S/C16H18N2O5S2/c1-3-9-8-25-15-16(23-2,14(22)18(15)12(9)13(20)21)17-11(19)7-10-5-4-6-24-10/h4-6,15H,3,7-8H2,1-2H3,(H,17,19)(H,20,21)/t15?,16-/m0/s1. The number of thiophene rings is 1. The van der Waals surface area contributed by atoms with Crippen LogP contribution in [-0.2, 0) is 25.5 Å². The molecule has 0 saturated carbocycles. The first kappa shape index (κ1) is 18.0. The second-order valence-electron chi connectivity index (χ2n) is 5.69. The minimum absolute atomic E-state index is 0.0106. The fourth-order valence-electron chi connectivity index (χ4n) is 3.04. The monoisotopic (exact) mass is 382 g/mol. The number of methoxy groups -OCH3 is 1. The van der Waals surface area contributed by atoms with Crippen LogP contribution in [0.2, 0.25) is 0 Å². The van der Waals surface area contributed by atoms with E-state index in [0.29, 0.717) is 17.7 Å². The Morgan fingerprint density at radius 2 is 2.28 bits per heavy atom. The van der Waals surface area contributed by atoms with Gasteiger partial charge >= 0.3 is 5.97 Å². The number of fused-ring (bicyclic) bond motifs is 1. The number of thioether (sulfide) groups is 1. The van der Waals surface area contributed by atoms with Gasteiger partial charge in [-0.15, -0.1) is 23.1 Å². The Bertz CT molecular complexity index is 746. The van der Waals surface area contributed by atoms with Crippen molar-refractivity contribution in [1.29, 1.82) is 0 Å². The largest absolute Gasteiger partial charge is 0.477 e. The van der Waals surface area contributed by atoms with Crippen LogP contribution < -0.4 is 5.32 Å². The first-order valence-electron chi connectivity index (χ1n) is 7.73. The Hall–Kier alpha value is -1.84. The summed E-state index contributed by atoms with van der Waals surface area (Å²) in [6.07, 6.45) is 0.700. The number of carboxylic acids is 1. The summed E-state index contributed by atoms with van der Waals surface area (Å²) < 4.78 is 5.39. The van der Waals surface area contributed by atoms with Gasteiger partial charge in [0.25, 0.3) is 11.6 Å². The van der Waals surface area contributed by atoms with Crippen molar-refractivity contribution in [3.8, 4) is 0 Å². The van der Waals surface area contributed by atoms with Crippen molar-refractivity contribution in [2.75, 3.05) is 12.9 Å². The number of nitrogens with zero attached hydrogens (tertiary/aromatic N) is 1. The molecule has 134 valence electrons. The molecule has 1 fully saturated rings. The van der Waals surface area contributed by atoms with Gasteiger partial charge in [-0.25, -0.2) is 4.79 Å². The van der Waals surface area contributed by atoms with Crippen molar-refractivity contribution < 1.29 is 24.2 Å². The molecular formula is C16H18N2O5S2. The topological polar surface area (TPSA) is 95.9 Å². The van der Waals surface area contributed by atoms with Crippen LogP contribution in [0.3, 0.4) is 0 Å². The molecule has 0 aromatic carbocycles. The molecule has 3 heterocycles. The molecule has 0 bridgehead atoms. The van der Waals surface area contributed by atoms with Crippen LogP contribution in [-0.4, -0.2) is 51.8 Å². The van der Waals surface area contributed by atoms with E-state index < -0.39 is 23.0 Å². The Labute approximate surface area is 153 Å². The van der Waals surface area contributed by atoms with Crippen LogP contribution >= 0.6 is 23.1 Å². The summed E-state index contributed by atoms with van der Waals surface area (Å²) in [5, 5.41) is 13.5. The molecule has 1 aromatic rings. The molecule has 0 aliphatic carbocycles. The van der Waals surface area contributed by atoms with Crippen LogP contribution in [0.1, 0.15) is 18.2 Å². The lowest BCUT2D eigenvalue weighted by molar-refractivity contribution is -0.192. The van der Waals surface area contributed by atoms with E-state index in [1.807, 2.05) is 24.4 Å². The first-order valence-corrected chi connectivity index (χ1v) is 9.66. The average Bonchev–Trinajstić information content (AvgIpc) is 3.10. The predicted molar refractivity (Wildman–Crippen MR) is 94.0 cm³/mol. The number of nitrogens with one attached hydrogen (secondary N) is 1. The zero-order valence-electron chi connectivity index (χ0n) is 13.8. The summed E-state index contributed by atoms with van der Waals surface area (Å²) in [6, 6.07) is 3.69. The number of amides is 2. The Kier molecular flexibility index (Phi) is 4.90. The zero-order valence-corrected chi connectivity index (χ0v) is 15.4. The number of rotatable bonds is 6. The SMILES string of the molecule is CCC1=C(C(=O)O)N2C(=O)[C@](NC(=O)Cc3cccs3)(OC)C2SC1. The Morgan fingerprint density at radius 1 is 1.52 bits per heavy atom. The van der Waals surface area contributed by atoms with Gasteiger partial charge in [-0.05, 0) is 23.4 Å². The van der Waals surface area contributed by atoms with Crippen molar-refractivity contribution in [2.45, 2.75) is 30.9 Å². The molecule has 7 nitrogen and oxygen atoms in total. The zero-order chi connectivity index (χ0) is 18.2. The van der Waals surface area contributed by atoms with Gasteiger partial charge in [0, 0.05) is 17.7 Å². The van der Waals surface area contributed by atoms with E-state index >= 15 is 0 Å². The molecule has 1 saturated heterocycles. The molecule has 9 heteroatoms. The summed E-state index contributed by atoms with van der Waals surface area (Å²) in [4.78, 5) is 38.8. The molecule has 2 amide bonds. The normalized spacial score (nSPS) is 25.4. The van der Waals surface area contributed by atoms with Crippen molar-refractivity contribution >= 4 is 40.9 Å². The van der Waals surface area contributed by atoms with Gasteiger partial charge in [0.05, 0.1) is 6.42 Å². The number of carboxylic acid groups (broad SMARTS) is 1. The summed E-state index contributed by atoms with van der Waals surface area (Å²) in [7, 11) is 1.35. The van der Waals surface area contributed by atoms with Gasteiger partial charge in [0.1, 0.15) is 11.1 Å². The quantitative estimate of drug-likeness (QED) is 0.571. The number of hydrogen-bond acceptors (Lipinski definition) is 6. The average molecular weight is 382 g/mol. The third-order valence-electron chi connectivity index (χ3n) is 4.30. The van der Waals surface area contributed by atoms with Gasteiger partial charge < -0.3 is 15.2 Å². The molecule has 3 rings (SSSR count). The summed E-state index contributed by atoms with van der Waals surface area (Å²) in [6.45, 7) is 1.86. The van der Waals surface area contributed by atoms with Gasteiger partial charge in [-0.3, -0.25) is 14.5 Å². The van der Waals surface area contributed by atoms with Gasteiger partial charge in [-0.1, -0.05) is 13.0 Å². The molecule has 2 aliphatic rings. The van der Waals surface area contributed by atoms with Crippen LogP contribution in [0.15, 0.2) is 28.8 Å². The maximum absolute atomic E-state index is 12.7. The van der Waals surface area contributed by atoms with Crippen molar-refractivity contribution in [3.63, 3.8) is 0 Å². The first-order chi connectivity index (χ1) is 11.9. The maximum atomic E-state index is 12.7. The second-order valence-corrected chi connectivity index (χ2v) is 7.79. The van der Waals surface area contributed by atoms with Crippen LogP contribution in [0.25, 0.3) is 0 Å². The van der Waals surface area contributed by atoms with Crippen molar-refractivity contribution in [3.05, 3.63) is 33.7 Å². The summed E-state index contributed by atoms with van der Waals surface area (Å²) in [5.74, 6) is -1.53. The third kappa shape index (κ3) is 2.86. The van der Waals surface area contributed by atoms with E-state index in [1.165, 1.54) is 35.1 Å². The lowest BCUT2D eigenvalue weighted by Crippen LogP contribution is -2.80. The minimum Gasteiger partial charge on any atom is -0.477 e. The van der Waals surface area contributed by atoms with E-state index in [1.54, 1.807) is 0 Å². The van der Waals surface area contributed by atoms with Crippen molar-refractivity contribution in [1.82, 2.24) is 10.2 Å². The highest BCUT2D eigenvalue weighted by atomic mass is 32.2. The van der Waals surface area contributed by atoms with E-state index in [2.05, 4.69) is 5.32 Å². The highest BCUT2D eigenvalue weighted by molar-refractivity contribution is 8.00. The molecule has 0 radical (unpaired) electrons. The number of β-lactam (4-membered cyclic amide) rings is 1. The molecule has 1 aromatic heterocycles. The molecule has 2 aliphatic heterocycles. The van der Waals surface area contributed by atoms with Crippen molar-refractivity contribution in [2.24, 2.45) is 0 Å². The number of carbonyl (C=O) groups is 3. The third-order valence-corrected chi connectivity index (χ3v) is 6.55. The molecule has 25 heavy (non-hydrogen) atoms. The molecule has 0 spiro atoms. The van der Waals surface area contributed by atoms with Crippen LogP contribution in [0.5, 0.6) is 0 Å². The summed E-state index contributed by atoms with van der Waals surface area (Å²) in [5.41, 5.74) is -0.799. The Morgan fingerprint density at radius 3 is 2.84 bits per heavy atom. The number of carbonyl (C=O) groups excluding carboxylic acids is 2. The molecule has 1 unspecified atom stereocenters. The highest BCUT2D eigenvalue weighted by Crippen LogP contribution is 2.47. The fourth-order valence-corrected chi connectivity index (χ4v) is 5.28. The number of aliphatic carboxylic acids is 1. The fraction of sp³-hybridized carbons (Fsp3) is 0.438. The van der Waals surface area contributed by atoms with E-state index in [9.17, 15) is 19.5 Å². The van der Waals surface area contributed by atoms with Crippen LogP contribution in [0.4, 0.5) is 0 Å². The second kappa shape index (κ2) is 6.81. The molecule has 2 atom stereocenters. The van der Waals surface area contributed by atoms with E-state index in [0.717, 1.165) is 4.88 Å². The van der Waals surface area contributed by atoms with E-state index in [4.69, 9.17) is 4.74 Å². The highest BCUT2D eigenvalue weighted by Gasteiger charge is 2.66. The summed E-state index contributed by atoms with van der Waals surface area (Å²) >= 11 is 2.85. The minimum atomic E-state index is -1.51. The van der Waals surface area contributed by atoms with Gasteiger partial charge in [0.2, 0.25) is 5.91 Å². The predicted octanol–water partition coefficient (Wildman–Crippen LogP) is 1.41.